The van der Waals surface area contributed by atoms with Crippen LogP contribution in [-0.4, -0.2) is 21.9 Å². The molecule has 7 heteroatoms. The van der Waals surface area contributed by atoms with E-state index in [1.165, 1.54) is 12.1 Å². The van der Waals surface area contributed by atoms with E-state index in [1.54, 1.807) is 31.2 Å². The van der Waals surface area contributed by atoms with Crippen molar-refractivity contribution in [3.8, 4) is 11.9 Å². The normalized spacial score (nSPS) is 16.7. The fraction of sp³-hybridized carbons (Fsp3) is 0.105. The van der Waals surface area contributed by atoms with Crippen LogP contribution in [0.3, 0.4) is 0 Å². The first kappa shape index (κ1) is 17.0. The van der Waals surface area contributed by atoms with Crippen LogP contribution < -0.4 is 11.1 Å². The van der Waals surface area contributed by atoms with Gasteiger partial charge in [0.15, 0.2) is 6.19 Å². The predicted molar refractivity (Wildman–Crippen MR) is 97.7 cm³/mol. The number of aliphatic imine (C=N–C) groups is 1. The number of para-hydroxylation sites is 1. The van der Waals surface area contributed by atoms with Gasteiger partial charge in [-0.05, 0) is 36.8 Å². The van der Waals surface area contributed by atoms with Gasteiger partial charge >= 0.3 is 0 Å². The van der Waals surface area contributed by atoms with E-state index in [1.807, 2.05) is 24.4 Å². The van der Waals surface area contributed by atoms with Gasteiger partial charge in [-0.2, -0.15) is 5.26 Å². The average molecular weight is 347 g/mol. The number of nitrogens with one attached hydrogen (secondary N) is 1. The van der Waals surface area contributed by atoms with E-state index in [0.717, 1.165) is 4.90 Å². The summed E-state index contributed by atoms with van der Waals surface area (Å²) in [6, 6.07) is 14.7. The second-order valence-corrected chi connectivity index (χ2v) is 5.74. The van der Waals surface area contributed by atoms with Crippen LogP contribution >= 0.6 is 0 Å². The Bertz CT molecular complexity index is 927. The minimum absolute atomic E-state index is 0.0133. The molecule has 3 rings (SSSR count). The molecule has 1 aliphatic rings. The number of guanidine groups is 1. The number of amides is 1. The number of nitriles is 1. The van der Waals surface area contributed by atoms with Gasteiger partial charge in [0, 0.05) is 11.4 Å². The summed E-state index contributed by atoms with van der Waals surface area (Å²) in [5, 5.41) is 21.7. The smallest absolute Gasteiger partial charge is 0.255 e. The van der Waals surface area contributed by atoms with Crippen LogP contribution in [0.2, 0.25) is 0 Å². The van der Waals surface area contributed by atoms with Crippen LogP contribution in [-0.2, 0) is 4.79 Å². The molecule has 1 amide bonds. The number of hydrogen-bond donors (Lipinski definition) is 3. The SMILES string of the molecule is CC1=C(C(=O)Nc2ccccc2)C(c2ccc(O)cc2)N=C(N)N1C#N. The molecule has 130 valence electrons. The van der Waals surface area contributed by atoms with Crippen LogP contribution in [0, 0.1) is 11.5 Å². The molecule has 0 aliphatic carbocycles. The van der Waals surface area contributed by atoms with Crippen LogP contribution in [0.4, 0.5) is 5.69 Å². The zero-order chi connectivity index (χ0) is 18.7. The summed E-state index contributed by atoms with van der Waals surface area (Å²) in [4.78, 5) is 18.4. The van der Waals surface area contributed by atoms with Crippen molar-refractivity contribution in [1.29, 1.82) is 5.26 Å². The summed E-state index contributed by atoms with van der Waals surface area (Å²) in [5.74, 6) is -0.251. The zero-order valence-corrected chi connectivity index (χ0v) is 14.0. The lowest BCUT2D eigenvalue weighted by molar-refractivity contribution is -0.113. The highest BCUT2D eigenvalue weighted by Crippen LogP contribution is 2.34. The first-order chi connectivity index (χ1) is 12.5. The zero-order valence-electron chi connectivity index (χ0n) is 14.0. The van der Waals surface area contributed by atoms with Crippen molar-refractivity contribution in [2.75, 3.05) is 5.32 Å². The summed E-state index contributed by atoms with van der Waals surface area (Å²) < 4.78 is 0. The monoisotopic (exact) mass is 347 g/mol. The molecule has 0 radical (unpaired) electrons. The lowest BCUT2D eigenvalue weighted by Gasteiger charge is -2.28. The molecule has 1 heterocycles. The number of hydrogen-bond acceptors (Lipinski definition) is 6. The first-order valence-corrected chi connectivity index (χ1v) is 7.90. The van der Waals surface area contributed by atoms with E-state index in [-0.39, 0.29) is 17.6 Å². The van der Waals surface area contributed by atoms with Crippen molar-refractivity contribution >= 4 is 17.6 Å². The van der Waals surface area contributed by atoms with Gasteiger partial charge in [0.2, 0.25) is 5.96 Å². The van der Waals surface area contributed by atoms with Gasteiger partial charge < -0.3 is 16.2 Å². The van der Waals surface area contributed by atoms with Crippen molar-refractivity contribution in [1.82, 2.24) is 4.90 Å². The number of anilines is 1. The molecule has 1 atom stereocenters. The molecule has 1 aliphatic heterocycles. The van der Waals surface area contributed by atoms with Crippen LogP contribution in [0.1, 0.15) is 18.5 Å². The molecule has 0 spiro atoms. The number of phenols is 1. The van der Waals surface area contributed by atoms with Crippen molar-refractivity contribution in [3.63, 3.8) is 0 Å². The van der Waals surface area contributed by atoms with E-state index in [9.17, 15) is 15.2 Å². The Hall–Kier alpha value is -3.79. The topological polar surface area (TPSA) is 115 Å². The van der Waals surface area contributed by atoms with E-state index in [2.05, 4.69) is 10.3 Å². The third kappa shape index (κ3) is 3.21. The Kier molecular flexibility index (Phi) is 4.58. The van der Waals surface area contributed by atoms with Crippen LogP contribution in [0.15, 0.2) is 70.9 Å². The number of carbonyl (C=O) groups is 1. The summed E-state index contributed by atoms with van der Waals surface area (Å²) in [5.41, 5.74) is 7.93. The highest BCUT2D eigenvalue weighted by atomic mass is 16.3. The highest BCUT2D eigenvalue weighted by Gasteiger charge is 2.32. The van der Waals surface area contributed by atoms with Crippen LogP contribution in [0.5, 0.6) is 5.75 Å². The van der Waals surface area contributed by atoms with Crippen molar-refractivity contribution in [3.05, 3.63) is 71.4 Å². The molecule has 0 saturated carbocycles. The lowest BCUT2D eigenvalue weighted by Crippen LogP contribution is -2.39. The molecular formula is C19H17N5O2. The summed E-state index contributed by atoms with van der Waals surface area (Å²) in [6.07, 6.45) is 1.93. The van der Waals surface area contributed by atoms with Gasteiger partial charge in [-0.1, -0.05) is 30.3 Å². The molecule has 1 unspecified atom stereocenters. The summed E-state index contributed by atoms with van der Waals surface area (Å²) in [6.45, 7) is 1.65. The van der Waals surface area contributed by atoms with E-state index < -0.39 is 6.04 Å². The third-order valence-electron chi connectivity index (χ3n) is 4.07. The van der Waals surface area contributed by atoms with Crippen LogP contribution in [0.25, 0.3) is 0 Å². The lowest BCUT2D eigenvalue weighted by atomic mass is 9.95. The van der Waals surface area contributed by atoms with Gasteiger partial charge in [0.25, 0.3) is 5.91 Å². The molecular weight excluding hydrogens is 330 g/mol. The Morgan fingerprint density at radius 3 is 2.50 bits per heavy atom. The van der Waals surface area contributed by atoms with Crippen molar-refractivity contribution in [2.24, 2.45) is 10.7 Å². The maximum atomic E-state index is 12.9. The molecule has 0 fully saturated rings. The Morgan fingerprint density at radius 1 is 1.23 bits per heavy atom. The predicted octanol–water partition coefficient (Wildman–Crippen LogP) is 2.46. The van der Waals surface area contributed by atoms with E-state index in [4.69, 9.17) is 5.73 Å². The number of carbonyl (C=O) groups excluding carboxylic acids is 1. The van der Waals surface area contributed by atoms with E-state index >= 15 is 0 Å². The summed E-state index contributed by atoms with van der Waals surface area (Å²) in [7, 11) is 0. The van der Waals surface area contributed by atoms with Gasteiger partial charge in [0.05, 0.1) is 5.57 Å². The molecule has 0 bridgehead atoms. The molecule has 7 nitrogen and oxygen atoms in total. The second kappa shape index (κ2) is 6.99. The molecule has 2 aromatic rings. The summed E-state index contributed by atoms with van der Waals surface area (Å²) >= 11 is 0. The molecule has 2 aromatic carbocycles. The van der Waals surface area contributed by atoms with Crippen molar-refractivity contribution in [2.45, 2.75) is 13.0 Å². The fourth-order valence-electron chi connectivity index (χ4n) is 2.78. The maximum absolute atomic E-state index is 12.9. The second-order valence-electron chi connectivity index (χ2n) is 5.74. The number of nitrogens with two attached hydrogens (primary N) is 1. The largest absolute Gasteiger partial charge is 0.508 e. The highest BCUT2D eigenvalue weighted by molar-refractivity contribution is 6.06. The Morgan fingerprint density at radius 2 is 1.88 bits per heavy atom. The number of benzene rings is 2. The molecule has 0 saturated heterocycles. The number of rotatable bonds is 3. The van der Waals surface area contributed by atoms with E-state index in [0.29, 0.717) is 22.5 Å². The van der Waals surface area contributed by atoms with Crippen molar-refractivity contribution < 1.29 is 9.90 Å². The molecule has 26 heavy (non-hydrogen) atoms. The maximum Gasteiger partial charge on any atom is 0.255 e. The first-order valence-electron chi connectivity index (χ1n) is 7.90. The Labute approximate surface area is 150 Å². The third-order valence-corrected chi connectivity index (χ3v) is 4.07. The number of allylic oxidation sites excluding steroid dienone is 1. The number of aromatic hydroxyl groups is 1. The average Bonchev–Trinajstić information content (AvgIpc) is 2.63. The molecule has 4 N–H and O–H groups in total. The van der Waals surface area contributed by atoms with Gasteiger partial charge in [-0.3, -0.25) is 4.79 Å². The number of nitrogens with zero attached hydrogens (tertiary/aromatic N) is 3. The molecule has 0 aromatic heterocycles. The number of phenolic OH excluding ortho intramolecular Hbond substituents is 1. The Balaban J connectivity index is 2.03. The van der Waals surface area contributed by atoms with Gasteiger partial charge in [-0.15, -0.1) is 0 Å². The minimum Gasteiger partial charge on any atom is -0.508 e. The van der Waals surface area contributed by atoms with Gasteiger partial charge in [-0.25, -0.2) is 9.89 Å². The van der Waals surface area contributed by atoms with Gasteiger partial charge in [0.1, 0.15) is 11.8 Å². The standard InChI is InChI=1S/C19H17N5O2/c1-12-16(18(26)22-14-5-3-2-4-6-14)17(23-19(21)24(12)11-20)13-7-9-15(25)10-8-13/h2-10,17,25H,1H3,(H2,21,23)(H,22,26). The quantitative estimate of drug-likeness (QED) is 0.738. The fourth-order valence-corrected chi connectivity index (χ4v) is 2.78. The minimum atomic E-state index is -0.677.